The zero-order valence-corrected chi connectivity index (χ0v) is 17.3. The average molecular weight is 448 g/mol. The van der Waals surface area contributed by atoms with Gasteiger partial charge in [-0.15, -0.1) is 0 Å². The molecule has 0 radical (unpaired) electrons. The lowest BCUT2D eigenvalue weighted by Gasteiger charge is -2.24. The lowest BCUT2D eigenvalue weighted by Crippen LogP contribution is -2.14. The van der Waals surface area contributed by atoms with E-state index in [1.54, 1.807) is 36.4 Å². The first-order chi connectivity index (χ1) is 13.8. The summed E-state index contributed by atoms with van der Waals surface area (Å²) in [6, 6.07) is 21.6. The highest BCUT2D eigenvalue weighted by Gasteiger charge is 2.22. The largest absolute Gasteiger partial charge is 0.352 e. The lowest BCUT2D eigenvalue weighted by molar-refractivity contribution is 0.107. The second-order valence-electron chi connectivity index (χ2n) is 6.01. The van der Waals surface area contributed by atoms with E-state index in [1.165, 1.54) is 24.3 Å². The molecule has 3 N–H and O–H groups in total. The van der Waals surface area contributed by atoms with Gasteiger partial charge in [-0.2, -0.15) is 0 Å². The van der Waals surface area contributed by atoms with Crippen LogP contribution in [0.4, 0.5) is 17.1 Å². The highest BCUT2D eigenvalue weighted by molar-refractivity contribution is 7.68. The van der Waals surface area contributed by atoms with Crippen molar-refractivity contribution in [1.82, 2.24) is 0 Å². The molecule has 148 valence electrons. The number of hydrogen-bond acceptors (Lipinski definition) is 3. The maximum absolute atomic E-state index is 13.6. The molecule has 3 aromatic rings. The van der Waals surface area contributed by atoms with Crippen LogP contribution in [0.5, 0.6) is 0 Å². The summed E-state index contributed by atoms with van der Waals surface area (Å²) in [6.07, 6.45) is 0. The van der Waals surface area contributed by atoms with Crippen LogP contribution in [0, 0.1) is 0 Å². The molecule has 3 rings (SSSR count). The van der Waals surface area contributed by atoms with Crippen molar-refractivity contribution in [2.75, 3.05) is 15.3 Å². The highest BCUT2D eigenvalue weighted by Crippen LogP contribution is 2.45. The van der Waals surface area contributed by atoms with Crippen LogP contribution < -0.4 is 15.3 Å². The number of hydrogen-bond donors (Lipinski definition) is 3. The zero-order chi connectivity index (χ0) is 20.9. The number of carbonyl (C=O) groups excluding carboxylic acids is 2. The minimum absolute atomic E-state index is 0.331. The van der Waals surface area contributed by atoms with Crippen LogP contribution >= 0.6 is 30.8 Å². The molecular formula is C20H16Cl2N3O3P. The Morgan fingerprint density at radius 1 is 0.586 bits per heavy atom. The molecule has 0 bridgehead atoms. The number of anilines is 3. The van der Waals surface area contributed by atoms with E-state index in [2.05, 4.69) is 15.3 Å². The van der Waals surface area contributed by atoms with Gasteiger partial charge in [-0.05, 0) is 83.9 Å². The van der Waals surface area contributed by atoms with E-state index >= 15 is 0 Å². The van der Waals surface area contributed by atoms with E-state index in [4.69, 9.17) is 23.2 Å². The quantitative estimate of drug-likeness (QED) is 0.282. The highest BCUT2D eigenvalue weighted by atomic mass is 35.5. The molecule has 6 nitrogen and oxygen atoms in total. The van der Waals surface area contributed by atoms with Crippen molar-refractivity contribution in [2.24, 2.45) is 0 Å². The summed E-state index contributed by atoms with van der Waals surface area (Å²) in [5.41, 5.74) is 2.32. The smallest absolute Gasteiger partial charge is 0.304 e. The zero-order valence-electron chi connectivity index (χ0n) is 14.9. The minimum Gasteiger partial charge on any atom is -0.304 e. The molecule has 0 aromatic heterocycles. The summed E-state index contributed by atoms with van der Waals surface area (Å²) >= 11 is 10.9. The van der Waals surface area contributed by atoms with Crippen molar-refractivity contribution in [3.8, 4) is 0 Å². The van der Waals surface area contributed by atoms with Gasteiger partial charge in [0.05, 0.1) is 0 Å². The monoisotopic (exact) mass is 447 g/mol. The van der Waals surface area contributed by atoms with Crippen LogP contribution in [-0.4, -0.2) is 10.5 Å². The molecular weight excluding hydrogens is 432 g/mol. The van der Waals surface area contributed by atoms with Crippen LogP contribution in [0.3, 0.4) is 0 Å². The number of carbonyl (C=O) groups is 2. The lowest BCUT2D eigenvalue weighted by atomic mass is 10.2. The summed E-state index contributed by atoms with van der Waals surface area (Å²) in [4.78, 5) is 22.5. The summed E-state index contributed by atoms with van der Waals surface area (Å²) in [7, 11) is -3.45. The Hall–Kier alpha value is -2.79. The molecule has 9 heteroatoms. The van der Waals surface area contributed by atoms with Crippen LogP contribution in [0.2, 0.25) is 0 Å². The van der Waals surface area contributed by atoms with E-state index < -0.39 is 18.1 Å². The van der Waals surface area contributed by atoms with Gasteiger partial charge in [0.2, 0.25) is 0 Å². The maximum Gasteiger partial charge on any atom is 0.352 e. The van der Waals surface area contributed by atoms with Crippen molar-refractivity contribution in [3.63, 3.8) is 0 Å². The standard InChI is InChI=1S/C20H16Cl2N3O3P/c21-19(26)14-6-10-17(11-7-14)24-29(28,23-16-4-2-1-3-5-16)25-18-12-8-15(9-13-18)20(22)27/h1-13H,(H3,23,24,25,28). The first-order valence-corrected chi connectivity index (χ1v) is 10.9. The number of nitrogens with one attached hydrogen (secondary N) is 3. The maximum atomic E-state index is 13.6. The number of rotatable bonds is 8. The van der Waals surface area contributed by atoms with E-state index in [0.717, 1.165) is 0 Å². The SMILES string of the molecule is O=C(Cl)c1ccc(NP(=O)(Nc2ccccc2)Nc2ccc(C(=O)Cl)cc2)cc1. The Bertz CT molecular complexity index is 995. The van der Waals surface area contributed by atoms with Gasteiger partial charge in [0, 0.05) is 28.2 Å². The second-order valence-corrected chi connectivity index (χ2v) is 8.59. The molecule has 0 atom stereocenters. The van der Waals surface area contributed by atoms with Gasteiger partial charge in [0.1, 0.15) is 0 Å². The van der Waals surface area contributed by atoms with Gasteiger partial charge in [-0.25, -0.2) is 0 Å². The number of para-hydroxylation sites is 1. The fourth-order valence-corrected chi connectivity index (χ4v) is 4.45. The molecule has 0 unspecified atom stereocenters. The Labute approximate surface area is 177 Å². The predicted octanol–water partition coefficient (Wildman–Crippen LogP) is 6.19. The first-order valence-electron chi connectivity index (χ1n) is 8.44. The van der Waals surface area contributed by atoms with Crippen molar-refractivity contribution < 1.29 is 14.2 Å². The minimum atomic E-state index is -3.45. The molecule has 0 aliphatic heterocycles. The fourth-order valence-electron chi connectivity index (χ4n) is 2.49. The summed E-state index contributed by atoms with van der Waals surface area (Å²) < 4.78 is 13.6. The van der Waals surface area contributed by atoms with Gasteiger partial charge in [-0.1, -0.05) is 18.2 Å². The van der Waals surface area contributed by atoms with Crippen LogP contribution in [0.15, 0.2) is 78.9 Å². The Kier molecular flexibility index (Phi) is 6.60. The van der Waals surface area contributed by atoms with E-state index in [9.17, 15) is 14.2 Å². The third-order valence-electron chi connectivity index (χ3n) is 3.86. The van der Waals surface area contributed by atoms with Gasteiger partial charge in [0.15, 0.2) is 0 Å². The average Bonchev–Trinajstić information content (AvgIpc) is 2.69. The topological polar surface area (TPSA) is 87.3 Å². The molecule has 3 aromatic carbocycles. The third-order valence-corrected chi connectivity index (χ3v) is 6.01. The van der Waals surface area contributed by atoms with Crippen LogP contribution in [0.25, 0.3) is 0 Å². The van der Waals surface area contributed by atoms with Crippen molar-refractivity contribution in [2.45, 2.75) is 0 Å². The molecule has 0 aliphatic rings. The normalized spacial score (nSPS) is 10.8. The number of benzene rings is 3. The van der Waals surface area contributed by atoms with Gasteiger partial charge in [0.25, 0.3) is 10.5 Å². The summed E-state index contributed by atoms with van der Waals surface area (Å²) in [5.74, 6) is 0. The molecule has 0 fully saturated rings. The Morgan fingerprint density at radius 2 is 0.931 bits per heavy atom. The van der Waals surface area contributed by atoms with Crippen molar-refractivity contribution in [3.05, 3.63) is 90.0 Å². The van der Waals surface area contributed by atoms with E-state index in [0.29, 0.717) is 28.2 Å². The fraction of sp³-hybridized carbons (Fsp3) is 0. The van der Waals surface area contributed by atoms with Crippen LogP contribution in [-0.2, 0) is 4.57 Å². The second kappa shape index (κ2) is 9.14. The molecule has 0 aliphatic carbocycles. The molecule has 0 heterocycles. The Morgan fingerprint density at radius 3 is 1.28 bits per heavy atom. The van der Waals surface area contributed by atoms with E-state index in [-0.39, 0.29) is 0 Å². The molecule has 0 amide bonds. The van der Waals surface area contributed by atoms with Crippen LogP contribution in [0.1, 0.15) is 20.7 Å². The van der Waals surface area contributed by atoms with Gasteiger partial charge < -0.3 is 15.3 Å². The molecule has 0 spiro atoms. The summed E-state index contributed by atoms with van der Waals surface area (Å²) in [6.45, 7) is 0. The summed E-state index contributed by atoms with van der Waals surface area (Å²) in [5, 5.41) is 7.71. The first kappa shape index (κ1) is 20.9. The van der Waals surface area contributed by atoms with Gasteiger partial charge >= 0.3 is 7.59 Å². The Balaban J connectivity index is 1.87. The van der Waals surface area contributed by atoms with E-state index in [1.807, 2.05) is 18.2 Å². The van der Waals surface area contributed by atoms with Crippen molar-refractivity contribution >= 4 is 58.3 Å². The third kappa shape index (κ3) is 5.84. The predicted molar refractivity (Wildman–Crippen MR) is 118 cm³/mol. The molecule has 29 heavy (non-hydrogen) atoms. The van der Waals surface area contributed by atoms with Gasteiger partial charge in [-0.3, -0.25) is 14.2 Å². The van der Waals surface area contributed by atoms with Crippen molar-refractivity contribution in [1.29, 1.82) is 0 Å². The number of halogens is 2. The molecule has 0 saturated heterocycles. The molecule has 0 saturated carbocycles.